The number of aromatic nitrogens is 2. The molecule has 0 aromatic carbocycles. The lowest BCUT2D eigenvalue weighted by atomic mass is 10.3. The highest BCUT2D eigenvalue weighted by Gasteiger charge is 2.24. The first-order chi connectivity index (χ1) is 14.2. The molecule has 2 saturated heterocycles. The van der Waals surface area contributed by atoms with Gasteiger partial charge in [0.25, 0.3) is 0 Å². The van der Waals surface area contributed by atoms with E-state index >= 15 is 0 Å². The van der Waals surface area contributed by atoms with E-state index in [0.29, 0.717) is 19.7 Å². The van der Waals surface area contributed by atoms with Gasteiger partial charge in [0.2, 0.25) is 5.95 Å². The van der Waals surface area contributed by atoms with Crippen LogP contribution in [-0.2, 0) is 4.74 Å². The third-order valence-corrected chi connectivity index (χ3v) is 5.24. The number of carbonyl (C=O) groups is 1. The molecule has 29 heavy (non-hydrogen) atoms. The Labute approximate surface area is 172 Å². The average molecular weight is 405 g/mol. The third kappa shape index (κ3) is 5.93. The molecule has 0 aliphatic carbocycles. The Morgan fingerprint density at radius 2 is 1.72 bits per heavy atom. The van der Waals surface area contributed by atoms with E-state index in [1.807, 2.05) is 13.0 Å². The van der Waals surface area contributed by atoms with Crippen molar-refractivity contribution in [1.82, 2.24) is 30.0 Å². The summed E-state index contributed by atoms with van der Waals surface area (Å²) in [5, 5.41) is 3.46. The van der Waals surface area contributed by atoms with Gasteiger partial charge in [-0.1, -0.05) is 0 Å². The molecule has 3 heterocycles. The van der Waals surface area contributed by atoms with Gasteiger partial charge in [0.1, 0.15) is 0 Å². The van der Waals surface area contributed by atoms with Crippen molar-refractivity contribution in [2.75, 3.05) is 84.0 Å². The van der Waals surface area contributed by atoms with Gasteiger partial charge in [0.05, 0.1) is 6.61 Å². The van der Waals surface area contributed by atoms with Gasteiger partial charge in [0, 0.05) is 84.9 Å². The van der Waals surface area contributed by atoms with Gasteiger partial charge in [0.15, 0.2) is 5.96 Å². The predicted octanol–water partition coefficient (Wildman–Crippen LogP) is -0.0519. The molecule has 0 saturated carbocycles. The summed E-state index contributed by atoms with van der Waals surface area (Å²) in [6.45, 7) is 10.7. The number of aliphatic imine (C=N–C) groups is 1. The molecule has 0 spiro atoms. The molecule has 1 amide bonds. The van der Waals surface area contributed by atoms with Crippen LogP contribution in [0.4, 0.5) is 10.7 Å². The second-order valence-electron chi connectivity index (χ2n) is 7.02. The summed E-state index contributed by atoms with van der Waals surface area (Å²) in [4.78, 5) is 33.5. The number of nitrogens with one attached hydrogen (secondary N) is 1. The summed E-state index contributed by atoms with van der Waals surface area (Å²) in [5.41, 5.74) is 0. The smallest absolute Gasteiger partial charge is 0.409 e. The molecular formula is C19H32N8O2. The Hall–Kier alpha value is -2.62. The van der Waals surface area contributed by atoms with E-state index in [9.17, 15) is 4.79 Å². The minimum absolute atomic E-state index is 0.227. The fourth-order valence-electron chi connectivity index (χ4n) is 3.60. The van der Waals surface area contributed by atoms with Crippen LogP contribution in [0.5, 0.6) is 0 Å². The summed E-state index contributed by atoms with van der Waals surface area (Å²) in [6, 6.07) is 1.84. The van der Waals surface area contributed by atoms with Crippen LogP contribution in [0.1, 0.15) is 6.92 Å². The standard InChI is InChI=1S/C19H32N8O2/c1-3-29-19(28)27-15-13-25(14-16-27)17(20-2)23-7-8-24-9-11-26(12-10-24)18-21-5-4-6-22-18/h4-6H,3,7-16H2,1-2H3,(H,20,23). The van der Waals surface area contributed by atoms with Crippen LogP contribution in [0.15, 0.2) is 23.5 Å². The summed E-state index contributed by atoms with van der Waals surface area (Å²) in [5.74, 6) is 1.71. The van der Waals surface area contributed by atoms with E-state index in [2.05, 4.69) is 35.0 Å². The molecule has 0 atom stereocenters. The number of amides is 1. The molecule has 10 heteroatoms. The van der Waals surface area contributed by atoms with Crippen LogP contribution >= 0.6 is 0 Å². The van der Waals surface area contributed by atoms with Crippen LogP contribution in [0, 0.1) is 0 Å². The van der Waals surface area contributed by atoms with Crippen molar-refractivity contribution >= 4 is 18.0 Å². The highest BCUT2D eigenvalue weighted by molar-refractivity contribution is 5.80. The molecule has 2 aliphatic rings. The fraction of sp³-hybridized carbons (Fsp3) is 0.684. The fourth-order valence-corrected chi connectivity index (χ4v) is 3.60. The van der Waals surface area contributed by atoms with Crippen molar-refractivity contribution in [1.29, 1.82) is 0 Å². The molecule has 3 rings (SSSR count). The van der Waals surface area contributed by atoms with E-state index in [4.69, 9.17) is 4.74 Å². The maximum Gasteiger partial charge on any atom is 0.409 e. The number of carbonyl (C=O) groups excluding carboxylic acids is 1. The van der Waals surface area contributed by atoms with Gasteiger partial charge in [-0.25, -0.2) is 14.8 Å². The van der Waals surface area contributed by atoms with Crippen molar-refractivity contribution in [3.05, 3.63) is 18.5 Å². The highest BCUT2D eigenvalue weighted by Crippen LogP contribution is 2.09. The molecule has 10 nitrogen and oxygen atoms in total. The van der Waals surface area contributed by atoms with Crippen molar-refractivity contribution in [3.8, 4) is 0 Å². The zero-order valence-electron chi connectivity index (χ0n) is 17.5. The first-order valence-electron chi connectivity index (χ1n) is 10.3. The van der Waals surface area contributed by atoms with Gasteiger partial charge in [-0.05, 0) is 13.0 Å². The normalized spacial score (nSPS) is 18.7. The van der Waals surface area contributed by atoms with Crippen molar-refractivity contribution in [2.24, 2.45) is 4.99 Å². The summed E-state index contributed by atoms with van der Waals surface area (Å²) in [7, 11) is 1.80. The van der Waals surface area contributed by atoms with Crippen LogP contribution in [0.2, 0.25) is 0 Å². The van der Waals surface area contributed by atoms with Gasteiger partial charge in [-0.15, -0.1) is 0 Å². The number of nitrogens with zero attached hydrogens (tertiary/aromatic N) is 7. The molecule has 1 aromatic heterocycles. The van der Waals surface area contributed by atoms with Gasteiger partial charge in [-0.2, -0.15) is 0 Å². The largest absolute Gasteiger partial charge is 0.450 e. The van der Waals surface area contributed by atoms with E-state index < -0.39 is 0 Å². The number of hydrogen-bond donors (Lipinski definition) is 1. The molecule has 0 unspecified atom stereocenters. The van der Waals surface area contributed by atoms with Crippen molar-refractivity contribution < 1.29 is 9.53 Å². The van der Waals surface area contributed by atoms with Gasteiger partial charge in [-0.3, -0.25) is 9.89 Å². The van der Waals surface area contributed by atoms with Crippen molar-refractivity contribution in [3.63, 3.8) is 0 Å². The van der Waals surface area contributed by atoms with E-state index in [0.717, 1.165) is 64.3 Å². The second kappa shape index (κ2) is 10.8. The Kier molecular flexibility index (Phi) is 7.85. The first kappa shape index (κ1) is 21.1. The Balaban J connectivity index is 1.35. The lowest BCUT2D eigenvalue weighted by Gasteiger charge is -2.37. The van der Waals surface area contributed by atoms with E-state index in [1.54, 1.807) is 24.3 Å². The quantitative estimate of drug-likeness (QED) is 0.540. The maximum absolute atomic E-state index is 11.8. The summed E-state index contributed by atoms with van der Waals surface area (Å²) >= 11 is 0. The average Bonchev–Trinajstić information content (AvgIpc) is 2.78. The zero-order valence-corrected chi connectivity index (χ0v) is 17.5. The minimum Gasteiger partial charge on any atom is -0.450 e. The first-order valence-corrected chi connectivity index (χ1v) is 10.3. The molecule has 2 fully saturated rings. The maximum atomic E-state index is 11.8. The number of ether oxygens (including phenoxy) is 1. The zero-order chi connectivity index (χ0) is 20.5. The molecule has 1 N–H and O–H groups in total. The van der Waals surface area contributed by atoms with Crippen LogP contribution in [-0.4, -0.2) is 116 Å². The summed E-state index contributed by atoms with van der Waals surface area (Å²) < 4.78 is 5.08. The monoisotopic (exact) mass is 404 g/mol. The number of piperazine rings is 2. The molecule has 2 aliphatic heterocycles. The lowest BCUT2D eigenvalue weighted by Crippen LogP contribution is -2.55. The van der Waals surface area contributed by atoms with Crippen LogP contribution < -0.4 is 10.2 Å². The minimum atomic E-state index is -0.227. The van der Waals surface area contributed by atoms with Gasteiger partial charge >= 0.3 is 6.09 Å². The SMILES string of the molecule is CCOC(=O)N1CCN(C(=NC)NCCN2CCN(c3ncccn3)CC2)CC1. The Morgan fingerprint density at radius 1 is 1.07 bits per heavy atom. The van der Waals surface area contributed by atoms with Gasteiger partial charge < -0.3 is 24.8 Å². The molecule has 160 valence electrons. The van der Waals surface area contributed by atoms with Crippen LogP contribution in [0.25, 0.3) is 0 Å². The highest BCUT2D eigenvalue weighted by atomic mass is 16.6. The summed E-state index contributed by atoms with van der Waals surface area (Å²) in [6.07, 6.45) is 3.35. The predicted molar refractivity (Wildman–Crippen MR) is 112 cm³/mol. The number of anilines is 1. The molecule has 1 aromatic rings. The number of hydrogen-bond acceptors (Lipinski definition) is 7. The second-order valence-corrected chi connectivity index (χ2v) is 7.02. The Bertz CT molecular complexity index is 655. The molecular weight excluding hydrogens is 372 g/mol. The third-order valence-electron chi connectivity index (χ3n) is 5.24. The lowest BCUT2D eigenvalue weighted by molar-refractivity contribution is 0.0914. The number of guanidine groups is 1. The molecule has 0 bridgehead atoms. The Morgan fingerprint density at radius 3 is 2.34 bits per heavy atom. The van der Waals surface area contributed by atoms with Crippen LogP contribution in [0.3, 0.4) is 0 Å². The topological polar surface area (TPSA) is 89.4 Å². The van der Waals surface area contributed by atoms with E-state index in [-0.39, 0.29) is 6.09 Å². The van der Waals surface area contributed by atoms with E-state index in [1.165, 1.54) is 0 Å². The number of rotatable bonds is 5. The molecule has 0 radical (unpaired) electrons. The van der Waals surface area contributed by atoms with Crippen molar-refractivity contribution in [2.45, 2.75) is 6.92 Å².